The predicted octanol–water partition coefficient (Wildman–Crippen LogP) is 2.72. The summed E-state index contributed by atoms with van der Waals surface area (Å²) in [6.45, 7) is 4.02. The number of halogens is 1. The van der Waals surface area contributed by atoms with E-state index in [0.717, 1.165) is 11.1 Å². The van der Waals surface area contributed by atoms with E-state index in [4.69, 9.17) is 0 Å². The van der Waals surface area contributed by atoms with E-state index >= 15 is 0 Å². The molecule has 0 fully saturated rings. The molecule has 2 heterocycles. The molecule has 4 rings (SSSR count). The number of aliphatic hydroxyl groups excluding tert-OH is 1. The number of hydrogen-bond donors (Lipinski definition) is 1. The Kier molecular flexibility index (Phi) is 4.24. The van der Waals surface area contributed by atoms with Gasteiger partial charge in [0.15, 0.2) is 0 Å². The third-order valence-corrected chi connectivity index (χ3v) is 4.98. The number of carbonyl (C=O) groups is 1. The first-order valence-electron chi connectivity index (χ1n) is 8.73. The summed E-state index contributed by atoms with van der Waals surface area (Å²) in [5, 5.41) is 17.7. The van der Waals surface area contributed by atoms with Gasteiger partial charge < -0.3 is 10.0 Å². The van der Waals surface area contributed by atoms with Crippen molar-refractivity contribution in [1.29, 1.82) is 0 Å². The normalized spacial score (nSPS) is 14.5. The summed E-state index contributed by atoms with van der Waals surface area (Å²) in [5.41, 5.74) is 4.04. The monoisotopic (exact) mass is 366 g/mol. The zero-order valence-corrected chi connectivity index (χ0v) is 15.1. The molecule has 6 nitrogen and oxygen atoms in total. The number of fused-ring (bicyclic) bond motifs is 1. The Balaban J connectivity index is 1.71. The minimum Gasteiger partial charge on any atom is -0.394 e. The van der Waals surface area contributed by atoms with Crippen LogP contribution in [0, 0.1) is 12.7 Å². The van der Waals surface area contributed by atoms with Crippen molar-refractivity contribution in [3.8, 4) is 16.9 Å². The van der Waals surface area contributed by atoms with Crippen LogP contribution in [0.1, 0.15) is 28.5 Å². The summed E-state index contributed by atoms with van der Waals surface area (Å²) in [5.74, 6) is -0.449. The molecule has 1 aromatic heterocycles. The molecular formula is C20H19FN4O2. The van der Waals surface area contributed by atoms with Crippen LogP contribution in [-0.2, 0) is 6.54 Å². The van der Waals surface area contributed by atoms with Crippen LogP contribution in [0.2, 0.25) is 0 Å². The number of hydrogen-bond acceptors (Lipinski definition) is 4. The van der Waals surface area contributed by atoms with Gasteiger partial charge in [0.25, 0.3) is 5.91 Å². The summed E-state index contributed by atoms with van der Waals surface area (Å²) < 4.78 is 15.6. The zero-order chi connectivity index (χ0) is 19.1. The maximum atomic E-state index is 14.1. The fraction of sp³-hybridized carbons (Fsp3) is 0.250. The van der Waals surface area contributed by atoms with E-state index in [1.165, 1.54) is 10.7 Å². The van der Waals surface area contributed by atoms with Gasteiger partial charge in [-0.25, -0.2) is 9.07 Å². The van der Waals surface area contributed by atoms with E-state index in [1.54, 1.807) is 29.2 Å². The number of benzene rings is 2. The second-order valence-corrected chi connectivity index (χ2v) is 6.72. The number of para-hydroxylation sites is 1. The van der Waals surface area contributed by atoms with Crippen molar-refractivity contribution in [2.24, 2.45) is 0 Å². The van der Waals surface area contributed by atoms with Crippen molar-refractivity contribution in [3.63, 3.8) is 0 Å². The number of amides is 1. The summed E-state index contributed by atoms with van der Waals surface area (Å²) in [7, 11) is 0. The van der Waals surface area contributed by atoms with E-state index < -0.39 is 0 Å². The minimum absolute atomic E-state index is 0.0789. The van der Waals surface area contributed by atoms with Crippen LogP contribution in [0.3, 0.4) is 0 Å². The molecule has 1 atom stereocenters. The molecule has 2 aromatic carbocycles. The maximum Gasteiger partial charge on any atom is 0.254 e. The predicted molar refractivity (Wildman–Crippen MR) is 97.9 cm³/mol. The Labute approximate surface area is 155 Å². The lowest BCUT2D eigenvalue weighted by molar-refractivity contribution is 0.0644. The van der Waals surface area contributed by atoms with Crippen LogP contribution < -0.4 is 0 Å². The lowest BCUT2D eigenvalue weighted by Crippen LogP contribution is -2.35. The van der Waals surface area contributed by atoms with Crippen LogP contribution in [0.25, 0.3) is 16.9 Å². The first kappa shape index (κ1) is 17.4. The Bertz CT molecular complexity index is 1030. The first-order chi connectivity index (χ1) is 13.0. The number of nitrogens with zero attached hydrogens (tertiary/aromatic N) is 4. The SMILES string of the molecule is Cc1c(-c2ccc3c(c2)CN(C(C)CO)C3=O)nnn1-c1ccccc1F. The molecule has 0 saturated heterocycles. The van der Waals surface area contributed by atoms with Crippen molar-refractivity contribution < 1.29 is 14.3 Å². The van der Waals surface area contributed by atoms with Crippen LogP contribution in [0.15, 0.2) is 42.5 Å². The van der Waals surface area contributed by atoms with Crippen molar-refractivity contribution in [2.75, 3.05) is 6.61 Å². The summed E-state index contributed by atoms with van der Waals surface area (Å²) in [6.07, 6.45) is 0. The molecule has 0 bridgehead atoms. The van der Waals surface area contributed by atoms with E-state index in [2.05, 4.69) is 10.3 Å². The largest absolute Gasteiger partial charge is 0.394 e. The van der Waals surface area contributed by atoms with Gasteiger partial charge in [-0.2, -0.15) is 0 Å². The summed E-state index contributed by atoms with van der Waals surface area (Å²) in [6, 6.07) is 11.7. The lowest BCUT2D eigenvalue weighted by atomic mass is 10.0. The molecule has 1 aliphatic rings. The Morgan fingerprint density at radius 1 is 1.26 bits per heavy atom. The number of aromatic nitrogens is 3. The lowest BCUT2D eigenvalue weighted by Gasteiger charge is -2.21. The average Bonchev–Trinajstić information content (AvgIpc) is 3.21. The fourth-order valence-electron chi connectivity index (χ4n) is 3.39. The van der Waals surface area contributed by atoms with Crippen molar-refractivity contribution in [3.05, 3.63) is 65.1 Å². The van der Waals surface area contributed by atoms with Gasteiger partial charge in [0, 0.05) is 17.7 Å². The standard InChI is InChI=1S/C20H19FN4O2/c1-12(11-26)24-10-15-9-14(7-8-16(15)20(24)27)19-13(2)25(23-22-19)18-6-4-3-5-17(18)21/h3-9,12,26H,10-11H2,1-2H3. The second kappa shape index (κ2) is 6.59. The third kappa shape index (κ3) is 2.80. The van der Waals surface area contributed by atoms with Gasteiger partial charge in [-0.3, -0.25) is 4.79 Å². The highest BCUT2D eigenvalue weighted by Gasteiger charge is 2.31. The molecule has 1 N–H and O–H groups in total. The molecule has 138 valence electrons. The van der Waals surface area contributed by atoms with Crippen molar-refractivity contribution >= 4 is 5.91 Å². The van der Waals surface area contributed by atoms with Gasteiger partial charge in [0.2, 0.25) is 0 Å². The van der Waals surface area contributed by atoms with Crippen molar-refractivity contribution in [1.82, 2.24) is 19.9 Å². The molecule has 1 unspecified atom stereocenters. The van der Waals surface area contributed by atoms with Crippen LogP contribution >= 0.6 is 0 Å². The van der Waals surface area contributed by atoms with Gasteiger partial charge in [-0.1, -0.05) is 23.4 Å². The Morgan fingerprint density at radius 2 is 2.04 bits per heavy atom. The summed E-state index contributed by atoms with van der Waals surface area (Å²) >= 11 is 0. The molecule has 0 radical (unpaired) electrons. The summed E-state index contributed by atoms with van der Waals surface area (Å²) in [4.78, 5) is 14.1. The molecular weight excluding hydrogens is 347 g/mol. The first-order valence-corrected chi connectivity index (χ1v) is 8.73. The smallest absolute Gasteiger partial charge is 0.254 e. The second-order valence-electron chi connectivity index (χ2n) is 6.72. The van der Waals surface area contributed by atoms with Crippen LogP contribution in [0.4, 0.5) is 4.39 Å². The van der Waals surface area contributed by atoms with E-state index in [9.17, 15) is 14.3 Å². The number of rotatable bonds is 4. The van der Waals surface area contributed by atoms with Gasteiger partial charge in [-0.15, -0.1) is 5.10 Å². The zero-order valence-electron chi connectivity index (χ0n) is 15.1. The highest BCUT2D eigenvalue weighted by molar-refractivity contribution is 5.99. The molecule has 3 aromatic rings. The molecule has 0 saturated carbocycles. The molecule has 1 aliphatic heterocycles. The molecule has 1 amide bonds. The van der Waals surface area contributed by atoms with E-state index in [0.29, 0.717) is 29.2 Å². The van der Waals surface area contributed by atoms with Crippen LogP contribution in [0.5, 0.6) is 0 Å². The van der Waals surface area contributed by atoms with Crippen molar-refractivity contribution in [2.45, 2.75) is 26.4 Å². The number of carbonyl (C=O) groups excluding carboxylic acids is 1. The highest BCUT2D eigenvalue weighted by atomic mass is 19.1. The van der Waals surface area contributed by atoms with Crippen LogP contribution in [-0.4, -0.2) is 43.6 Å². The average molecular weight is 366 g/mol. The molecule has 7 heteroatoms. The van der Waals surface area contributed by atoms with Gasteiger partial charge in [0.05, 0.1) is 18.3 Å². The van der Waals surface area contributed by atoms with E-state index in [1.807, 2.05) is 26.0 Å². The molecule has 0 aliphatic carbocycles. The minimum atomic E-state index is -0.370. The maximum absolute atomic E-state index is 14.1. The Morgan fingerprint density at radius 3 is 2.78 bits per heavy atom. The highest BCUT2D eigenvalue weighted by Crippen LogP contribution is 2.30. The van der Waals surface area contributed by atoms with Gasteiger partial charge in [-0.05, 0) is 43.7 Å². The number of aliphatic hydroxyl groups is 1. The van der Waals surface area contributed by atoms with Gasteiger partial charge >= 0.3 is 0 Å². The topological polar surface area (TPSA) is 71.2 Å². The van der Waals surface area contributed by atoms with Gasteiger partial charge in [0.1, 0.15) is 17.2 Å². The third-order valence-electron chi connectivity index (χ3n) is 4.98. The molecule has 27 heavy (non-hydrogen) atoms. The fourth-order valence-corrected chi connectivity index (χ4v) is 3.39. The quantitative estimate of drug-likeness (QED) is 0.771. The Hall–Kier alpha value is -3.06. The molecule has 0 spiro atoms. The van der Waals surface area contributed by atoms with E-state index in [-0.39, 0.29) is 24.4 Å².